The first-order valence-corrected chi connectivity index (χ1v) is 12.9. The van der Waals surface area contributed by atoms with Crippen molar-refractivity contribution in [2.75, 3.05) is 13.2 Å². The van der Waals surface area contributed by atoms with Gasteiger partial charge in [-0.1, -0.05) is 18.9 Å². The van der Waals surface area contributed by atoms with Crippen LogP contribution in [0.3, 0.4) is 0 Å². The summed E-state index contributed by atoms with van der Waals surface area (Å²) < 4.78 is 23.6. The highest BCUT2D eigenvalue weighted by molar-refractivity contribution is 5.98. The van der Waals surface area contributed by atoms with Crippen molar-refractivity contribution < 1.29 is 19.0 Å². The van der Waals surface area contributed by atoms with E-state index in [0.29, 0.717) is 19.1 Å². The van der Waals surface area contributed by atoms with Crippen molar-refractivity contribution in [1.82, 2.24) is 9.47 Å². The number of alkyl halides is 1. The fourth-order valence-electron chi connectivity index (χ4n) is 5.97. The van der Waals surface area contributed by atoms with E-state index in [-0.39, 0.29) is 11.5 Å². The molecule has 2 atom stereocenters. The Hall–Kier alpha value is -2.86. The summed E-state index contributed by atoms with van der Waals surface area (Å²) in [5.74, 6) is -0.284. The Balaban J connectivity index is 1.81. The molecule has 35 heavy (non-hydrogen) atoms. The van der Waals surface area contributed by atoms with Crippen molar-refractivity contribution in [1.29, 1.82) is 0 Å². The SMILES string of the molecule is CCOc1ccc2c(c1)CN(C(C)C)CCn1c-2c([C@H]2CCCC[C@@H]2F)c2ccc(C(=O)O)cc21. The lowest BCUT2D eigenvalue weighted by molar-refractivity contribution is 0.0697. The van der Waals surface area contributed by atoms with Gasteiger partial charge in [-0.15, -0.1) is 0 Å². The van der Waals surface area contributed by atoms with Gasteiger partial charge in [0, 0.05) is 48.1 Å². The Morgan fingerprint density at radius 1 is 1.14 bits per heavy atom. The normalized spacial score (nSPS) is 20.8. The molecule has 5 rings (SSSR count). The van der Waals surface area contributed by atoms with Gasteiger partial charge in [-0.2, -0.15) is 0 Å². The number of ether oxygens (including phenoxy) is 1. The monoisotopic (exact) mass is 478 g/mol. The minimum Gasteiger partial charge on any atom is -0.494 e. The van der Waals surface area contributed by atoms with E-state index in [9.17, 15) is 9.90 Å². The third-order valence-electron chi connectivity index (χ3n) is 7.76. The standard InChI is InChI=1S/C29H35FN2O3/c1-4-35-21-10-12-22-20(15-21)17-31(18(2)3)13-14-32-26-16-19(29(33)34)9-11-24(26)27(28(22)32)23-7-5-6-8-25(23)30/h9-12,15-16,18,23,25H,4-8,13-14,17H2,1-3H3,(H,33,34)/t23-,25-/m0/s1. The maximum atomic E-state index is 15.5. The molecule has 2 aliphatic rings. The molecular weight excluding hydrogens is 443 g/mol. The first-order valence-electron chi connectivity index (χ1n) is 12.9. The van der Waals surface area contributed by atoms with E-state index in [1.165, 1.54) is 5.56 Å². The number of hydrogen-bond acceptors (Lipinski definition) is 3. The van der Waals surface area contributed by atoms with Crippen molar-refractivity contribution >= 4 is 16.9 Å². The molecule has 2 aromatic carbocycles. The Kier molecular flexibility index (Phi) is 6.58. The molecule has 5 nitrogen and oxygen atoms in total. The molecule has 6 heteroatoms. The summed E-state index contributed by atoms with van der Waals surface area (Å²) in [6.45, 7) is 9.33. The predicted octanol–water partition coefficient (Wildman–Crippen LogP) is 6.62. The molecule has 186 valence electrons. The molecule has 0 radical (unpaired) electrons. The van der Waals surface area contributed by atoms with E-state index in [2.05, 4.69) is 35.4 Å². The second kappa shape index (κ2) is 9.65. The zero-order valence-electron chi connectivity index (χ0n) is 20.9. The van der Waals surface area contributed by atoms with Crippen LogP contribution in [0.1, 0.15) is 73.9 Å². The number of halogens is 1. The van der Waals surface area contributed by atoms with Gasteiger partial charge in [-0.05, 0) is 75.1 Å². The highest BCUT2D eigenvalue weighted by atomic mass is 19.1. The number of fused-ring (bicyclic) bond motifs is 5. The summed E-state index contributed by atoms with van der Waals surface area (Å²) in [4.78, 5) is 14.3. The fraction of sp³-hybridized carbons (Fsp3) is 0.483. The number of aromatic carboxylic acids is 1. The summed E-state index contributed by atoms with van der Waals surface area (Å²) in [5, 5.41) is 10.7. The minimum atomic E-state index is -0.943. The number of hydrogen-bond donors (Lipinski definition) is 1. The number of nitrogens with zero attached hydrogens (tertiary/aromatic N) is 2. The molecule has 0 saturated heterocycles. The van der Waals surface area contributed by atoms with E-state index in [0.717, 1.165) is 72.4 Å². The highest BCUT2D eigenvalue weighted by Gasteiger charge is 2.34. The molecule has 1 aliphatic carbocycles. The van der Waals surface area contributed by atoms with Crippen LogP contribution in [0.2, 0.25) is 0 Å². The summed E-state index contributed by atoms with van der Waals surface area (Å²) in [6, 6.07) is 11.9. The van der Waals surface area contributed by atoms with E-state index in [1.54, 1.807) is 12.1 Å². The summed E-state index contributed by atoms with van der Waals surface area (Å²) in [6.07, 6.45) is 2.45. The highest BCUT2D eigenvalue weighted by Crippen LogP contribution is 2.47. The topological polar surface area (TPSA) is 54.7 Å². The van der Waals surface area contributed by atoms with Crippen molar-refractivity contribution in [3.8, 4) is 17.0 Å². The lowest BCUT2D eigenvalue weighted by Crippen LogP contribution is -2.35. The van der Waals surface area contributed by atoms with Crippen LogP contribution in [0.25, 0.3) is 22.2 Å². The summed E-state index contributed by atoms with van der Waals surface area (Å²) >= 11 is 0. The van der Waals surface area contributed by atoms with Crippen LogP contribution < -0.4 is 4.74 Å². The van der Waals surface area contributed by atoms with Gasteiger partial charge in [-0.3, -0.25) is 4.90 Å². The number of benzene rings is 2. The molecule has 0 spiro atoms. The van der Waals surface area contributed by atoms with E-state index in [4.69, 9.17) is 4.74 Å². The van der Waals surface area contributed by atoms with Crippen molar-refractivity contribution in [3.63, 3.8) is 0 Å². The van der Waals surface area contributed by atoms with Crippen LogP contribution in [-0.2, 0) is 13.1 Å². The van der Waals surface area contributed by atoms with Crippen LogP contribution in [0, 0.1) is 0 Å². The fourth-order valence-corrected chi connectivity index (χ4v) is 5.97. The Labute approximate surface area is 206 Å². The maximum Gasteiger partial charge on any atom is 0.335 e. The molecule has 1 fully saturated rings. The summed E-state index contributed by atoms with van der Waals surface area (Å²) in [7, 11) is 0. The molecule has 3 aromatic rings. The molecule has 1 aromatic heterocycles. The van der Waals surface area contributed by atoms with Crippen LogP contribution in [-0.4, -0.2) is 45.9 Å². The van der Waals surface area contributed by atoms with Gasteiger partial charge in [-0.25, -0.2) is 9.18 Å². The second-order valence-corrected chi connectivity index (χ2v) is 10.2. The average molecular weight is 479 g/mol. The van der Waals surface area contributed by atoms with Crippen molar-refractivity contribution in [2.45, 2.75) is 77.7 Å². The average Bonchev–Trinajstić information content (AvgIpc) is 3.13. The number of rotatable bonds is 5. The quantitative estimate of drug-likeness (QED) is 0.447. The smallest absolute Gasteiger partial charge is 0.335 e. The van der Waals surface area contributed by atoms with E-state index in [1.807, 2.05) is 19.1 Å². The van der Waals surface area contributed by atoms with Gasteiger partial charge < -0.3 is 14.4 Å². The molecule has 1 N–H and O–H groups in total. The van der Waals surface area contributed by atoms with Crippen LogP contribution in [0.5, 0.6) is 5.75 Å². The first kappa shape index (κ1) is 23.9. The van der Waals surface area contributed by atoms with Gasteiger partial charge in [0.1, 0.15) is 11.9 Å². The maximum absolute atomic E-state index is 15.5. The van der Waals surface area contributed by atoms with Gasteiger partial charge >= 0.3 is 5.97 Å². The van der Waals surface area contributed by atoms with Crippen molar-refractivity contribution in [2.24, 2.45) is 0 Å². The molecule has 0 unspecified atom stereocenters. The predicted molar refractivity (Wildman–Crippen MR) is 137 cm³/mol. The third-order valence-corrected chi connectivity index (χ3v) is 7.76. The van der Waals surface area contributed by atoms with Crippen LogP contribution in [0.15, 0.2) is 36.4 Å². The Bertz CT molecular complexity index is 1250. The Morgan fingerprint density at radius 3 is 2.66 bits per heavy atom. The minimum absolute atomic E-state index is 0.182. The second-order valence-electron chi connectivity index (χ2n) is 10.2. The van der Waals surface area contributed by atoms with Crippen molar-refractivity contribution in [3.05, 3.63) is 53.1 Å². The number of carboxylic acids is 1. The first-order chi connectivity index (χ1) is 16.9. The zero-order chi connectivity index (χ0) is 24.7. The number of carboxylic acid groups (broad SMARTS) is 1. The number of carbonyl (C=O) groups is 1. The van der Waals surface area contributed by atoms with E-state index >= 15 is 4.39 Å². The van der Waals surface area contributed by atoms with Gasteiger partial charge in [0.2, 0.25) is 0 Å². The molecule has 0 amide bonds. The molecule has 1 aliphatic heterocycles. The van der Waals surface area contributed by atoms with Gasteiger partial charge in [0.15, 0.2) is 0 Å². The molecular formula is C29H35FN2O3. The Morgan fingerprint density at radius 2 is 1.94 bits per heavy atom. The molecule has 2 heterocycles. The number of aromatic nitrogens is 1. The van der Waals surface area contributed by atoms with E-state index < -0.39 is 12.1 Å². The summed E-state index contributed by atoms with van der Waals surface area (Å²) in [5.41, 5.74) is 5.52. The lowest BCUT2D eigenvalue weighted by Gasteiger charge is -2.32. The largest absolute Gasteiger partial charge is 0.494 e. The van der Waals surface area contributed by atoms with Crippen LogP contribution >= 0.6 is 0 Å². The zero-order valence-corrected chi connectivity index (χ0v) is 20.9. The van der Waals surface area contributed by atoms with Gasteiger partial charge in [0.05, 0.1) is 17.9 Å². The molecule has 0 bridgehead atoms. The lowest BCUT2D eigenvalue weighted by atomic mass is 9.80. The molecule has 1 saturated carbocycles. The van der Waals surface area contributed by atoms with Crippen LogP contribution in [0.4, 0.5) is 4.39 Å². The van der Waals surface area contributed by atoms with Gasteiger partial charge in [0.25, 0.3) is 0 Å². The third kappa shape index (κ3) is 4.33.